The van der Waals surface area contributed by atoms with Crippen LogP contribution in [0, 0.1) is 5.82 Å². The summed E-state index contributed by atoms with van der Waals surface area (Å²) in [5.41, 5.74) is 3.10. The summed E-state index contributed by atoms with van der Waals surface area (Å²) >= 11 is 0. The second-order valence-electron chi connectivity index (χ2n) is 7.68. The van der Waals surface area contributed by atoms with E-state index in [9.17, 15) is 19.1 Å². The molecule has 2 heterocycles. The van der Waals surface area contributed by atoms with Crippen LogP contribution in [0.4, 0.5) is 4.39 Å². The molecule has 148 valence electrons. The number of aliphatic hydroxyl groups excluding tert-OH is 1. The first kappa shape index (κ1) is 17.9. The van der Waals surface area contributed by atoms with Gasteiger partial charge < -0.3 is 20.3 Å². The Morgan fingerprint density at radius 1 is 1.21 bits per heavy atom. The normalized spacial score (nSPS) is 23.6. The number of hydrogen-bond donors (Lipinski definition) is 3. The highest BCUT2D eigenvalue weighted by Crippen LogP contribution is 2.38. The number of fused-ring (bicyclic) bond motifs is 2. The van der Waals surface area contributed by atoms with Crippen LogP contribution in [0.2, 0.25) is 0 Å². The zero-order chi connectivity index (χ0) is 20.1. The Bertz CT molecular complexity index is 1130. The molecule has 6 nitrogen and oxygen atoms in total. The standard InChI is InChI=1S/C22H20FN3O3/c23-14-5-6-16-13(9-14)11-18(24-16)21(28)25-17-10-12-3-1-2-4-15(12)20(17)26-8-7-19(27)22(26)29/h1-6,9,11,17,19-20,24,27H,7-8,10H2,(H,25,28)/t17-,19+,20-/m1/s1. The number of aromatic nitrogens is 1. The van der Waals surface area contributed by atoms with Crippen LogP contribution >= 0.6 is 0 Å². The molecule has 0 saturated carbocycles. The molecule has 7 heteroatoms. The number of hydrogen-bond acceptors (Lipinski definition) is 3. The lowest BCUT2D eigenvalue weighted by Crippen LogP contribution is -2.45. The van der Waals surface area contributed by atoms with E-state index in [1.54, 1.807) is 17.0 Å². The van der Waals surface area contributed by atoms with Gasteiger partial charge in [-0.05, 0) is 48.2 Å². The molecule has 0 spiro atoms. The van der Waals surface area contributed by atoms with Crippen molar-refractivity contribution in [2.24, 2.45) is 0 Å². The van der Waals surface area contributed by atoms with Crippen LogP contribution in [0.3, 0.4) is 0 Å². The van der Waals surface area contributed by atoms with Crippen LogP contribution in [0.25, 0.3) is 10.9 Å². The highest BCUT2D eigenvalue weighted by atomic mass is 19.1. The number of aliphatic hydroxyl groups is 1. The molecule has 1 fully saturated rings. The van der Waals surface area contributed by atoms with E-state index >= 15 is 0 Å². The van der Waals surface area contributed by atoms with Gasteiger partial charge in [0.25, 0.3) is 11.8 Å². The van der Waals surface area contributed by atoms with Gasteiger partial charge in [0, 0.05) is 17.4 Å². The molecule has 5 rings (SSSR count). The van der Waals surface area contributed by atoms with Crippen LogP contribution in [-0.4, -0.2) is 45.5 Å². The fourth-order valence-electron chi connectivity index (χ4n) is 4.52. The summed E-state index contributed by atoms with van der Waals surface area (Å²) in [5.74, 6) is -0.968. The maximum atomic E-state index is 13.4. The molecular weight excluding hydrogens is 373 g/mol. The number of nitrogens with zero attached hydrogens (tertiary/aromatic N) is 1. The third-order valence-corrected chi connectivity index (χ3v) is 5.89. The first-order chi connectivity index (χ1) is 14.0. The Labute approximate surface area is 166 Å². The minimum absolute atomic E-state index is 0.299. The average Bonchev–Trinajstić information content (AvgIpc) is 3.37. The number of halogens is 1. The largest absolute Gasteiger partial charge is 0.383 e. The molecule has 3 atom stereocenters. The summed E-state index contributed by atoms with van der Waals surface area (Å²) in [5, 5.41) is 13.6. The van der Waals surface area contributed by atoms with E-state index in [0.717, 1.165) is 11.1 Å². The van der Waals surface area contributed by atoms with Crippen molar-refractivity contribution in [3.8, 4) is 0 Å². The first-order valence-corrected chi connectivity index (χ1v) is 9.67. The van der Waals surface area contributed by atoms with Crippen molar-refractivity contribution in [2.45, 2.75) is 31.0 Å². The molecular formula is C22H20FN3O3. The maximum absolute atomic E-state index is 13.4. The Morgan fingerprint density at radius 3 is 2.83 bits per heavy atom. The molecule has 0 radical (unpaired) electrons. The van der Waals surface area contributed by atoms with Crippen molar-refractivity contribution >= 4 is 22.7 Å². The predicted molar refractivity (Wildman–Crippen MR) is 105 cm³/mol. The summed E-state index contributed by atoms with van der Waals surface area (Å²) in [6.07, 6.45) is 0.00952. The maximum Gasteiger partial charge on any atom is 0.268 e. The van der Waals surface area contributed by atoms with Gasteiger partial charge in [0.1, 0.15) is 17.6 Å². The molecule has 3 aromatic rings. The number of amides is 2. The van der Waals surface area contributed by atoms with Gasteiger partial charge in [0.15, 0.2) is 0 Å². The van der Waals surface area contributed by atoms with Crippen molar-refractivity contribution in [2.75, 3.05) is 6.54 Å². The minimum Gasteiger partial charge on any atom is -0.383 e. The molecule has 2 aliphatic rings. The topological polar surface area (TPSA) is 85.4 Å². The van der Waals surface area contributed by atoms with E-state index in [2.05, 4.69) is 10.3 Å². The van der Waals surface area contributed by atoms with Crippen LogP contribution in [0.5, 0.6) is 0 Å². The number of rotatable bonds is 3. The molecule has 0 unspecified atom stereocenters. The summed E-state index contributed by atoms with van der Waals surface area (Å²) in [7, 11) is 0. The van der Waals surface area contributed by atoms with Crippen LogP contribution < -0.4 is 5.32 Å². The molecule has 2 aromatic carbocycles. The summed E-state index contributed by atoms with van der Waals surface area (Å²) in [6.45, 7) is 0.455. The van der Waals surface area contributed by atoms with Crippen LogP contribution in [0.1, 0.15) is 34.1 Å². The Morgan fingerprint density at radius 2 is 2.03 bits per heavy atom. The highest BCUT2D eigenvalue weighted by molar-refractivity contribution is 5.98. The highest BCUT2D eigenvalue weighted by Gasteiger charge is 2.43. The van der Waals surface area contributed by atoms with Gasteiger partial charge in [-0.1, -0.05) is 24.3 Å². The average molecular weight is 393 g/mol. The Hall–Kier alpha value is -3.19. The van der Waals surface area contributed by atoms with Gasteiger partial charge in [-0.3, -0.25) is 9.59 Å². The van der Waals surface area contributed by atoms with Gasteiger partial charge in [-0.2, -0.15) is 0 Å². The first-order valence-electron chi connectivity index (χ1n) is 9.67. The van der Waals surface area contributed by atoms with Crippen molar-refractivity contribution < 1.29 is 19.1 Å². The number of likely N-dealkylation sites (tertiary alicyclic amines) is 1. The summed E-state index contributed by atoms with van der Waals surface area (Å²) < 4.78 is 13.4. The van der Waals surface area contributed by atoms with Crippen molar-refractivity contribution in [1.29, 1.82) is 0 Å². The van der Waals surface area contributed by atoms with E-state index < -0.39 is 6.10 Å². The van der Waals surface area contributed by atoms with E-state index in [-0.39, 0.29) is 29.7 Å². The minimum atomic E-state index is -0.984. The number of carbonyl (C=O) groups is 2. The molecule has 1 saturated heterocycles. The molecule has 1 aromatic heterocycles. The molecule has 1 aliphatic carbocycles. The fourth-order valence-corrected chi connectivity index (χ4v) is 4.52. The fraction of sp³-hybridized carbons (Fsp3) is 0.273. The molecule has 0 bridgehead atoms. The van der Waals surface area contributed by atoms with E-state index in [4.69, 9.17) is 0 Å². The Kier molecular flexibility index (Phi) is 4.13. The third-order valence-electron chi connectivity index (χ3n) is 5.89. The quantitative estimate of drug-likeness (QED) is 0.638. The number of nitrogens with one attached hydrogen (secondary N) is 2. The summed E-state index contributed by atoms with van der Waals surface area (Å²) in [6, 6.07) is 13.1. The van der Waals surface area contributed by atoms with Gasteiger partial charge in [-0.25, -0.2) is 4.39 Å². The monoisotopic (exact) mass is 393 g/mol. The molecule has 2 amide bonds. The number of carbonyl (C=O) groups excluding carboxylic acids is 2. The van der Waals surface area contributed by atoms with E-state index in [1.807, 2.05) is 24.3 Å². The molecule has 29 heavy (non-hydrogen) atoms. The van der Waals surface area contributed by atoms with Crippen molar-refractivity contribution in [3.63, 3.8) is 0 Å². The summed E-state index contributed by atoms with van der Waals surface area (Å²) in [4.78, 5) is 30.1. The van der Waals surface area contributed by atoms with Gasteiger partial charge in [-0.15, -0.1) is 0 Å². The number of benzene rings is 2. The number of aromatic amines is 1. The predicted octanol–water partition coefficient (Wildman–Crippen LogP) is 2.30. The molecule has 3 N–H and O–H groups in total. The smallest absolute Gasteiger partial charge is 0.268 e. The Balaban J connectivity index is 1.44. The van der Waals surface area contributed by atoms with Crippen LogP contribution in [-0.2, 0) is 11.2 Å². The SMILES string of the molecule is O=C(N[C@@H]1Cc2ccccc2[C@H]1N1CC[C@H](O)C1=O)c1cc2cc(F)ccc2[nH]1. The lowest BCUT2D eigenvalue weighted by atomic mass is 10.1. The third kappa shape index (κ3) is 2.98. The van der Waals surface area contributed by atoms with E-state index in [1.165, 1.54) is 12.1 Å². The second kappa shape index (κ2) is 6.70. The van der Waals surface area contributed by atoms with Crippen molar-refractivity contribution in [3.05, 3.63) is 71.2 Å². The van der Waals surface area contributed by atoms with Gasteiger partial charge in [0.05, 0.1) is 12.1 Å². The van der Waals surface area contributed by atoms with Crippen molar-refractivity contribution in [1.82, 2.24) is 15.2 Å². The van der Waals surface area contributed by atoms with Gasteiger partial charge >= 0.3 is 0 Å². The zero-order valence-electron chi connectivity index (χ0n) is 15.6. The lowest BCUT2D eigenvalue weighted by Gasteiger charge is -2.30. The van der Waals surface area contributed by atoms with Crippen LogP contribution in [0.15, 0.2) is 48.5 Å². The molecule has 1 aliphatic heterocycles. The zero-order valence-corrected chi connectivity index (χ0v) is 15.6. The van der Waals surface area contributed by atoms with Gasteiger partial charge in [0.2, 0.25) is 0 Å². The van der Waals surface area contributed by atoms with E-state index in [0.29, 0.717) is 36.0 Å². The second-order valence-corrected chi connectivity index (χ2v) is 7.68. The number of H-pyrrole nitrogens is 1. The lowest BCUT2D eigenvalue weighted by molar-refractivity contribution is -0.136.